The lowest BCUT2D eigenvalue weighted by Gasteiger charge is -2.35. The molecule has 1 aliphatic heterocycles. The molecule has 0 saturated heterocycles. The van der Waals surface area contributed by atoms with E-state index in [2.05, 4.69) is 19.2 Å². The average molecular weight is 496 g/mol. The average Bonchev–Trinajstić information content (AvgIpc) is 2.89. The molecule has 2 aromatic carbocycles. The van der Waals surface area contributed by atoms with Gasteiger partial charge in [-0.05, 0) is 42.5 Å². The van der Waals surface area contributed by atoms with Crippen molar-refractivity contribution in [2.24, 2.45) is 11.8 Å². The van der Waals surface area contributed by atoms with Gasteiger partial charge in [0.05, 0.1) is 25.4 Å². The number of rotatable bonds is 6. The highest BCUT2D eigenvalue weighted by Gasteiger charge is 2.31. The van der Waals surface area contributed by atoms with Gasteiger partial charge < -0.3 is 25.0 Å². The Morgan fingerprint density at radius 3 is 2.33 bits per heavy atom. The number of hydrogen-bond acceptors (Lipinski definition) is 4. The van der Waals surface area contributed by atoms with Crippen LogP contribution in [0, 0.1) is 11.8 Å². The zero-order valence-corrected chi connectivity index (χ0v) is 22.4. The van der Waals surface area contributed by atoms with Crippen molar-refractivity contribution in [3.8, 4) is 11.1 Å². The van der Waals surface area contributed by atoms with E-state index < -0.39 is 0 Å². The first-order chi connectivity index (χ1) is 17.1. The Labute approximate surface area is 215 Å². The van der Waals surface area contributed by atoms with E-state index in [-0.39, 0.29) is 42.7 Å². The molecule has 2 aromatic rings. The molecule has 3 rings (SSSR count). The third-order valence-corrected chi connectivity index (χ3v) is 7.25. The van der Waals surface area contributed by atoms with Crippen molar-refractivity contribution in [1.29, 1.82) is 0 Å². The number of benzene rings is 2. The van der Waals surface area contributed by atoms with E-state index in [4.69, 9.17) is 4.74 Å². The molecule has 1 aliphatic rings. The second-order valence-corrected chi connectivity index (χ2v) is 10.4. The molecule has 7 heteroatoms. The largest absolute Gasteiger partial charge is 0.394 e. The van der Waals surface area contributed by atoms with Crippen LogP contribution in [0.25, 0.3) is 11.1 Å². The maximum atomic E-state index is 13.8. The van der Waals surface area contributed by atoms with Gasteiger partial charge >= 0.3 is 6.03 Å². The summed E-state index contributed by atoms with van der Waals surface area (Å²) in [6.45, 7) is 11.0. The van der Waals surface area contributed by atoms with Crippen LogP contribution in [0.2, 0.25) is 0 Å². The van der Waals surface area contributed by atoms with Crippen LogP contribution in [0.4, 0.5) is 4.79 Å². The normalized spacial score (nSPS) is 20.1. The Morgan fingerprint density at radius 1 is 1.08 bits per heavy atom. The molecular formula is C29H41N3O4. The first kappa shape index (κ1) is 27.7. The van der Waals surface area contributed by atoms with E-state index in [9.17, 15) is 14.7 Å². The minimum atomic E-state index is -0.363. The van der Waals surface area contributed by atoms with E-state index in [1.807, 2.05) is 69.3 Å². The SMILES string of the molecule is CC(C)[C@@H](C)NC(=O)N(C)C[C@H]1OCc2ccccc2-c2ccccc2C(=O)N([C@@H](C)CO)C[C@@H]1C. The van der Waals surface area contributed by atoms with Gasteiger partial charge in [-0.3, -0.25) is 4.79 Å². The summed E-state index contributed by atoms with van der Waals surface area (Å²) in [7, 11) is 1.77. The van der Waals surface area contributed by atoms with Gasteiger partial charge in [-0.1, -0.05) is 63.2 Å². The van der Waals surface area contributed by atoms with Crippen molar-refractivity contribution in [2.45, 2.75) is 59.4 Å². The Morgan fingerprint density at radius 2 is 1.69 bits per heavy atom. The topological polar surface area (TPSA) is 82.1 Å². The molecule has 1 heterocycles. The van der Waals surface area contributed by atoms with Crippen LogP contribution in [0.1, 0.15) is 50.5 Å². The predicted octanol–water partition coefficient (Wildman–Crippen LogP) is 4.40. The molecule has 0 radical (unpaired) electrons. The van der Waals surface area contributed by atoms with E-state index in [0.29, 0.717) is 31.2 Å². The molecule has 3 amide bonds. The number of urea groups is 1. The Hall–Kier alpha value is -2.90. The molecule has 0 fully saturated rings. The zero-order valence-electron chi connectivity index (χ0n) is 22.4. The lowest BCUT2D eigenvalue weighted by atomic mass is 9.94. The minimum Gasteiger partial charge on any atom is -0.394 e. The van der Waals surface area contributed by atoms with Crippen molar-refractivity contribution in [3.63, 3.8) is 0 Å². The Bertz CT molecular complexity index is 1040. The summed E-state index contributed by atoms with van der Waals surface area (Å²) in [6, 6.07) is 15.1. The monoisotopic (exact) mass is 495 g/mol. The fourth-order valence-corrected chi connectivity index (χ4v) is 4.38. The number of aliphatic hydroxyl groups excluding tert-OH is 1. The van der Waals surface area contributed by atoms with E-state index in [1.54, 1.807) is 16.8 Å². The molecule has 7 nitrogen and oxygen atoms in total. The molecule has 0 spiro atoms. The summed E-state index contributed by atoms with van der Waals surface area (Å²) in [6.07, 6.45) is -0.314. The van der Waals surface area contributed by atoms with Gasteiger partial charge in [0.25, 0.3) is 5.91 Å². The number of aliphatic hydroxyl groups is 1. The van der Waals surface area contributed by atoms with Crippen LogP contribution in [-0.2, 0) is 11.3 Å². The number of likely N-dealkylation sites (N-methyl/N-ethyl adjacent to an activating group) is 1. The molecule has 2 N–H and O–H groups in total. The molecule has 36 heavy (non-hydrogen) atoms. The van der Waals surface area contributed by atoms with Gasteiger partial charge in [-0.25, -0.2) is 4.79 Å². The van der Waals surface area contributed by atoms with E-state index in [1.165, 1.54) is 0 Å². The molecule has 0 aromatic heterocycles. The smallest absolute Gasteiger partial charge is 0.317 e. The van der Waals surface area contributed by atoms with Gasteiger partial charge in [0.2, 0.25) is 0 Å². The van der Waals surface area contributed by atoms with Gasteiger partial charge in [0.1, 0.15) is 0 Å². The van der Waals surface area contributed by atoms with E-state index >= 15 is 0 Å². The van der Waals surface area contributed by atoms with Crippen molar-refractivity contribution in [1.82, 2.24) is 15.1 Å². The van der Waals surface area contributed by atoms with Crippen LogP contribution in [0.15, 0.2) is 48.5 Å². The van der Waals surface area contributed by atoms with Gasteiger partial charge in [-0.15, -0.1) is 0 Å². The number of nitrogens with zero attached hydrogens (tertiary/aromatic N) is 2. The lowest BCUT2D eigenvalue weighted by molar-refractivity contribution is -0.0185. The van der Waals surface area contributed by atoms with Crippen LogP contribution in [0.5, 0.6) is 0 Å². The maximum Gasteiger partial charge on any atom is 0.317 e. The number of carbonyl (C=O) groups is 2. The first-order valence-corrected chi connectivity index (χ1v) is 12.9. The molecular weight excluding hydrogens is 454 g/mol. The highest BCUT2D eigenvalue weighted by atomic mass is 16.5. The van der Waals surface area contributed by atoms with E-state index in [0.717, 1.165) is 16.7 Å². The van der Waals surface area contributed by atoms with Crippen LogP contribution < -0.4 is 5.32 Å². The second kappa shape index (κ2) is 12.4. The summed E-state index contributed by atoms with van der Waals surface area (Å²) >= 11 is 0. The fourth-order valence-electron chi connectivity index (χ4n) is 4.38. The van der Waals surface area contributed by atoms with Crippen LogP contribution >= 0.6 is 0 Å². The number of ether oxygens (including phenoxy) is 1. The zero-order chi connectivity index (χ0) is 26.4. The Kier molecular flexibility index (Phi) is 9.51. The number of fused-ring (bicyclic) bond motifs is 3. The molecule has 4 atom stereocenters. The molecule has 0 saturated carbocycles. The highest BCUT2D eigenvalue weighted by Crippen LogP contribution is 2.31. The van der Waals surface area contributed by atoms with Gasteiger partial charge in [-0.2, -0.15) is 0 Å². The van der Waals surface area contributed by atoms with Crippen LogP contribution in [0.3, 0.4) is 0 Å². The van der Waals surface area contributed by atoms with Crippen molar-refractivity contribution < 1.29 is 19.4 Å². The number of hydrogen-bond donors (Lipinski definition) is 2. The number of nitrogens with one attached hydrogen (secondary N) is 1. The molecule has 0 bridgehead atoms. The number of amides is 3. The second-order valence-electron chi connectivity index (χ2n) is 10.4. The van der Waals surface area contributed by atoms with Crippen LogP contribution in [-0.4, -0.2) is 71.8 Å². The Balaban J connectivity index is 1.97. The summed E-state index contributed by atoms with van der Waals surface area (Å²) in [5, 5.41) is 13.0. The fraction of sp³-hybridized carbons (Fsp3) is 0.517. The highest BCUT2D eigenvalue weighted by molar-refractivity contribution is 6.01. The van der Waals surface area contributed by atoms with Crippen molar-refractivity contribution in [3.05, 3.63) is 59.7 Å². The summed E-state index contributed by atoms with van der Waals surface area (Å²) in [4.78, 5) is 30.1. The maximum absolute atomic E-state index is 13.8. The van der Waals surface area contributed by atoms with Crippen molar-refractivity contribution >= 4 is 11.9 Å². The number of carbonyl (C=O) groups excluding carboxylic acids is 2. The summed E-state index contributed by atoms with van der Waals surface area (Å²) in [5.74, 6) is 0.122. The standard InChI is InChI=1S/C29H41N3O4/c1-19(2)22(5)30-29(35)31(6)16-27-20(3)15-32(21(4)17-33)28(34)26-14-10-9-13-25(26)24-12-8-7-11-23(24)18-36-27/h7-14,19-22,27,33H,15-18H2,1-6H3,(H,30,35)/t20-,21-,22+,27+/m0/s1. The summed E-state index contributed by atoms with van der Waals surface area (Å²) < 4.78 is 6.48. The van der Waals surface area contributed by atoms with Gasteiger partial charge in [0, 0.05) is 37.7 Å². The third kappa shape index (κ3) is 6.45. The summed E-state index contributed by atoms with van der Waals surface area (Å²) in [5.41, 5.74) is 3.39. The van der Waals surface area contributed by atoms with Crippen molar-refractivity contribution in [2.75, 3.05) is 26.7 Å². The lowest BCUT2D eigenvalue weighted by Crippen LogP contribution is -2.50. The molecule has 196 valence electrons. The first-order valence-electron chi connectivity index (χ1n) is 12.9. The molecule has 0 aliphatic carbocycles. The van der Waals surface area contributed by atoms with Gasteiger partial charge in [0.15, 0.2) is 0 Å². The quantitative estimate of drug-likeness (QED) is 0.623. The molecule has 0 unspecified atom stereocenters. The predicted molar refractivity (Wildman–Crippen MR) is 143 cm³/mol. The minimum absolute atomic E-state index is 0.0507. The third-order valence-electron chi connectivity index (χ3n) is 7.25.